The van der Waals surface area contributed by atoms with Gasteiger partial charge in [-0.05, 0) is 50.2 Å². The molecule has 1 aliphatic carbocycles. The summed E-state index contributed by atoms with van der Waals surface area (Å²) in [4.78, 5) is 40.6. The molecule has 0 radical (unpaired) electrons. The molecule has 7 nitrogen and oxygen atoms in total. The molecule has 2 aromatic rings. The Bertz CT molecular complexity index is 1170. The Morgan fingerprint density at radius 2 is 1.91 bits per heavy atom. The van der Waals surface area contributed by atoms with Gasteiger partial charge in [-0.1, -0.05) is 6.07 Å². The first-order valence-electron chi connectivity index (χ1n) is 10.9. The lowest BCUT2D eigenvalue weighted by Gasteiger charge is -2.49. The number of nitrogens with zero attached hydrogens (tertiary/aromatic N) is 3. The highest BCUT2D eigenvalue weighted by Crippen LogP contribution is 2.37. The van der Waals surface area contributed by atoms with E-state index in [4.69, 9.17) is 0 Å². The van der Waals surface area contributed by atoms with Crippen molar-refractivity contribution in [2.75, 3.05) is 11.6 Å². The Balaban J connectivity index is 1.49. The number of aromatic hydroxyl groups is 1. The largest absolute Gasteiger partial charge is 0.502 e. The molecule has 0 bridgehead atoms. The van der Waals surface area contributed by atoms with Crippen LogP contribution < -0.4 is 10.4 Å². The Kier molecular flexibility index (Phi) is 4.98. The predicted octanol–water partition coefficient (Wildman–Crippen LogP) is 2.71. The van der Waals surface area contributed by atoms with Gasteiger partial charge >= 0.3 is 0 Å². The molecule has 1 saturated carbocycles. The van der Waals surface area contributed by atoms with Crippen LogP contribution in [0.2, 0.25) is 0 Å². The molecule has 3 aliphatic rings. The summed E-state index contributed by atoms with van der Waals surface area (Å²) in [6.45, 7) is 0.630. The van der Waals surface area contributed by atoms with E-state index in [-0.39, 0.29) is 41.9 Å². The third-order valence-corrected chi connectivity index (χ3v) is 6.52. The minimum absolute atomic E-state index is 0.0202. The number of pyridine rings is 1. The summed E-state index contributed by atoms with van der Waals surface area (Å²) in [5.74, 6) is -3.17. The summed E-state index contributed by atoms with van der Waals surface area (Å²) in [6, 6.07) is 3.23. The molecular formula is C23H23F2N3O4. The quantitative estimate of drug-likeness (QED) is 0.719. The Morgan fingerprint density at radius 3 is 2.62 bits per heavy atom. The van der Waals surface area contributed by atoms with Gasteiger partial charge in [-0.25, -0.2) is 8.78 Å². The normalized spacial score (nSPS) is 20.2. The topological polar surface area (TPSA) is 82.8 Å². The number of hydrogen-bond acceptors (Lipinski definition) is 5. The first-order chi connectivity index (χ1) is 15.4. The summed E-state index contributed by atoms with van der Waals surface area (Å²) in [5, 5.41) is 12.6. The molecule has 9 heteroatoms. The number of carbonyl (C=O) groups excluding carboxylic acids is 2. The zero-order chi connectivity index (χ0) is 22.6. The average molecular weight is 443 g/mol. The Labute approximate surface area is 182 Å². The summed E-state index contributed by atoms with van der Waals surface area (Å²) in [5.41, 5.74) is -1.10. The van der Waals surface area contributed by atoms with Crippen LogP contribution in [0, 0.1) is 11.6 Å². The molecule has 1 aromatic carbocycles. The van der Waals surface area contributed by atoms with Crippen molar-refractivity contribution in [3.05, 3.63) is 63.1 Å². The molecule has 1 N–H and O–H groups in total. The second-order valence-electron chi connectivity index (χ2n) is 8.66. The molecule has 1 saturated heterocycles. The number of fused-ring (bicyclic) bond motifs is 3. The monoisotopic (exact) mass is 443 g/mol. The van der Waals surface area contributed by atoms with Crippen LogP contribution in [0.4, 0.5) is 8.78 Å². The number of aromatic nitrogens is 1. The van der Waals surface area contributed by atoms with E-state index in [2.05, 4.69) is 0 Å². The predicted molar refractivity (Wildman–Crippen MR) is 111 cm³/mol. The van der Waals surface area contributed by atoms with Crippen LogP contribution in [0.25, 0.3) is 0 Å². The van der Waals surface area contributed by atoms with Crippen molar-refractivity contribution in [3.63, 3.8) is 0 Å². The summed E-state index contributed by atoms with van der Waals surface area (Å²) in [7, 11) is 0. The smallest absolute Gasteiger partial charge is 0.278 e. The number of ketones is 1. The third kappa shape index (κ3) is 3.36. The highest BCUT2D eigenvalue weighted by Gasteiger charge is 2.47. The van der Waals surface area contributed by atoms with Crippen LogP contribution in [0.15, 0.2) is 29.2 Å². The minimum atomic E-state index is -0.902. The lowest BCUT2D eigenvalue weighted by Crippen LogP contribution is -2.63. The number of amides is 1. The van der Waals surface area contributed by atoms with Gasteiger partial charge in [-0.2, -0.15) is 0 Å². The van der Waals surface area contributed by atoms with Gasteiger partial charge < -0.3 is 10.0 Å². The van der Waals surface area contributed by atoms with E-state index in [1.165, 1.54) is 16.9 Å². The van der Waals surface area contributed by atoms with Gasteiger partial charge in [0.2, 0.25) is 5.43 Å². The Hall–Kier alpha value is -3.23. The van der Waals surface area contributed by atoms with Crippen molar-refractivity contribution in [2.45, 2.75) is 57.2 Å². The fraction of sp³-hybridized carbons (Fsp3) is 0.435. The van der Waals surface area contributed by atoms with E-state index < -0.39 is 34.5 Å². The average Bonchev–Trinajstić information content (AvgIpc) is 3.60. The van der Waals surface area contributed by atoms with Crippen LogP contribution in [-0.4, -0.2) is 45.1 Å². The van der Waals surface area contributed by atoms with Crippen LogP contribution >= 0.6 is 0 Å². The maximum Gasteiger partial charge on any atom is 0.278 e. The van der Waals surface area contributed by atoms with Crippen molar-refractivity contribution >= 4 is 11.7 Å². The van der Waals surface area contributed by atoms with Crippen molar-refractivity contribution in [1.29, 1.82) is 0 Å². The van der Waals surface area contributed by atoms with E-state index in [0.29, 0.717) is 6.54 Å². The lowest BCUT2D eigenvalue weighted by atomic mass is 10.0. The molecule has 5 rings (SSSR count). The van der Waals surface area contributed by atoms with Crippen molar-refractivity contribution in [2.24, 2.45) is 0 Å². The third-order valence-electron chi connectivity index (χ3n) is 6.52. The first-order valence-corrected chi connectivity index (χ1v) is 10.9. The fourth-order valence-electron chi connectivity index (χ4n) is 4.75. The molecule has 0 spiro atoms. The van der Waals surface area contributed by atoms with Crippen molar-refractivity contribution in [3.8, 4) is 5.75 Å². The Morgan fingerprint density at radius 1 is 1.12 bits per heavy atom. The number of rotatable bonds is 5. The zero-order valence-electron chi connectivity index (χ0n) is 17.4. The molecule has 32 heavy (non-hydrogen) atoms. The summed E-state index contributed by atoms with van der Waals surface area (Å²) >= 11 is 0. The molecule has 2 aliphatic heterocycles. The maximum absolute atomic E-state index is 13.9. The number of hydrogen-bond donors (Lipinski definition) is 1. The summed E-state index contributed by atoms with van der Waals surface area (Å²) in [6.07, 6.45) is 5.39. The number of aryl methyl sites for hydroxylation is 1. The van der Waals surface area contributed by atoms with E-state index in [0.717, 1.165) is 44.2 Å². The first kappa shape index (κ1) is 20.7. The fourth-order valence-corrected chi connectivity index (χ4v) is 4.75. The van der Waals surface area contributed by atoms with E-state index >= 15 is 0 Å². The molecule has 1 atom stereocenters. The van der Waals surface area contributed by atoms with Crippen LogP contribution in [0.3, 0.4) is 0 Å². The molecule has 0 unspecified atom stereocenters. The van der Waals surface area contributed by atoms with E-state index in [9.17, 15) is 28.3 Å². The van der Waals surface area contributed by atoms with E-state index in [1.807, 2.05) is 5.01 Å². The van der Waals surface area contributed by atoms with E-state index in [1.54, 1.807) is 4.90 Å². The van der Waals surface area contributed by atoms with Gasteiger partial charge in [-0.3, -0.25) is 24.1 Å². The number of halogens is 2. The summed E-state index contributed by atoms with van der Waals surface area (Å²) < 4.78 is 28.5. The molecule has 1 aromatic heterocycles. The number of Topliss-reactive ketones (excluding diaryl/α,β-unsaturated/α-hetero) is 1. The standard InChI is InChI=1S/C23H23F2N3O4/c24-14-6-4-13(17(25)11-14)5-9-18(29)16-12-27-20(22(31)21(16)30)23(32)28(15-7-8-15)19-3-1-2-10-26(19)27/h4,6,11-12,15,19,31H,1-3,5,7-10H2/t19-/m1/s1. The zero-order valence-corrected chi connectivity index (χ0v) is 17.4. The van der Waals surface area contributed by atoms with Crippen LogP contribution in [0.1, 0.15) is 64.9 Å². The number of benzene rings is 1. The molecule has 3 heterocycles. The minimum Gasteiger partial charge on any atom is -0.502 e. The highest BCUT2D eigenvalue weighted by atomic mass is 19.1. The van der Waals surface area contributed by atoms with Gasteiger partial charge in [0.15, 0.2) is 17.2 Å². The number of piperidine rings is 1. The maximum atomic E-state index is 13.9. The molecule has 168 valence electrons. The van der Waals surface area contributed by atoms with Gasteiger partial charge in [0.1, 0.15) is 17.8 Å². The SMILES string of the molecule is O=C(CCc1ccc(F)cc1F)c1cn2c(c(O)c1=O)C(=O)N(C1CC1)[C@@H]1CCCCN12. The lowest BCUT2D eigenvalue weighted by molar-refractivity contribution is 0.0495. The van der Waals surface area contributed by atoms with Gasteiger partial charge in [0, 0.05) is 31.3 Å². The highest BCUT2D eigenvalue weighted by molar-refractivity contribution is 6.00. The van der Waals surface area contributed by atoms with Crippen LogP contribution in [0.5, 0.6) is 5.75 Å². The number of carbonyl (C=O) groups is 2. The molecule has 1 amide bonds. The van der Waals surface area contributed by atoms with Crippen molar-refractivity contribution in [1.82, 2.24) is 9.58 Å². The second-order valence-corrected chi connectivity index (χ2v) is 8.66. The van der Waals surface area contributed by atoms with Gasteiger partial charge in [0.25, 0.3) is 5.91 Å². The second kappa shape index (κ2) is 7.72. The van der Waals surface area contributed by atoms with Crippen LogP contribution in [-0.2, 0) is 6.42 Å². The van der Waals surface area contributed by atoms with Crippen molar-refractivity contribution < 1.29 is 23.5 Å². The van der Waals surface area contributed by atoms with Gasteiger partial charge in [0.05, 0.1) is 5.56 Å². The van der Waals surface area contributed by atoms with Gasteiger partial charge in [-0.15, -0.1) is 0 Å². The molecular weight excluding hydrogens is 420 g/mol. The molecule has 2 fully saturated rings.